The lowest BCUT2D eigenvalue weighted by atomic mass is 10.0. The van der Waals surface area contributed by atoms with Crippen molar-refractivity contribution in [3.8, 4) is 11.5 Å². The first kappa shape index (κ1) is 13.4. The van der Waals surface area contributed by atoms with E-state index in [4.69, 9.17) is 14.2 Å². The van der Waals surface area contributed by atoms with Crippen LogP contribution in [-0.2, 0) is 4.74 Å². The number of hydrogen-bond donors (Lipinski definition) is 0. The molecule has 3 aliphatic rings. The zero-order chi connectivity index (χ0) is 14.1. The second-order valence-electron chi connectivity index (χ2n) is 6.29. The van der Waals surface area contributed by atoms with Crippen molar-refractivity contribution in [1.82, 2.24) is 4.90 Å². The van der Waals surface area contributed by atoms with Gasteiger partial charge in [-0.15, -0.1) is 0 Å². The molecule has 0 spiro atoms. The quantitative estimate of drug-likeness (QED) is 0.856. The molecule has 0 amide bonds. The van der Waals surface area contributed by atoms with Crippen molar-refractivity contribution < 1.29 is 14.2 Å². The van der Waals surface area contributed by atoms with Gasteiger partial charge < -0.3 is 14.2 Å². The summed E-state index contributed by atoms with van der Waals surface area (Å²) in [5.41, 5.74) is 1.37. The van der Waals surface area contributed by atoms with Gasteiger partial charge in [0, 0.05) is 19.2 Å². The standard InChI is InChI=1S/C17H23NO3/c1-2-15(18(6-1)11-13-5-7-19-12-13)14-3-4-16-17(10-14)21-9-8-20-16/h3-4,10,13,15H,1-2,5-9,11-12H2/t13-,15-/m1/s1. The van der Waals surface area contributed by atoms with E-state index >= 15 is 0 Å². The smallest absolute Gasteiger partial charge is 0.161 e. The summed E-state index contributed by atoms with van der Waals surface area (Å²) in [7, 11) is 0. The topological polar surface area (TPSA) is 30.9 Å². The number of ether oxygens (including phenoxy) is 3. The van der Waals surface area contributed by atoms with Crippen LogP contribution in [0, 0.1) is 5.92 Å². The number of nitrogens with zero attached hydrogens (tertiary/aromatic N) is 1. The van der Waals surface area contributed by atoms with Gasteiger partial charge >= 0.3 is 0 Å². The van der Waals surface area contributed by atoms with E-state index in [2.05, 4.69) is 23.1 Å². The Kier molecular flexibility index (Phi) is 3.74. The number of fused-ring (bicyclic) bond motifs is 1. The Bertz CT molecular complexity index is 499. The normalized spacial score (nSPS) is 29.0. The first-order chi connectivity index (χ1) is 10.4. The zero-order valence-electron chi connectivity index (χ0n) is 12.4. The Morgan fingerprint density at radius 1 is 1.05 bits per heavy atom. The maximum absolute atomic E-state index is 5.73. The molecule has 3 aliphatic heterocycles. The average molecular weight is 289 g/mol. The summed E-state index contributed by atoms with van der Waals surface area (Å²) in [5.74, 6) is 2.51. The Morgan fingerprint density at radius 3 is 2.81 bits per heavy atom. The Labute approximate surface area is 126 Å². The van der Waals surface area contributed by atoms with E-state index in [9.17, 15) is 0 Å². The Morgan fingerprint density at radius 2 is 1.95 bits per heavy atom. The Balaban J connectivity index is 1.51. The summed E-state index contributed by atoms with van der Waals surface area (Å²) in [6.45, 7) is 5.56. The molecule has 0 aromatic heterocycles. The van der Waals surface area contributed by atoms with E-state index in [1.165, 1.54) is 37.9 Å². The fourth-order valence-electron chi connectivity index (χ4n) is 3.75. The highest BCUT2D eigenvalue weighted by molar-refractivity contribution is 5.44. The molecule has 4 heteroatoms. The van der Waals surface area contributed by atoms with Crippen molar-refractivity contribution in [3.05, 3.63) is 23.8 Å². The van der Waals surface area contributed by atoms with Crippen molar-refractivity contribution in [2.45, 2.75) is 25.3 Å². The van der Waals surface area contributed by atoms with Gasteiger partial charge in [-0.25, -0.2) is 0 Å². The monoisotopic (exact) mass is 289 g/mol. The van der Waals surface area contributed by atoms with Crippen LogP contribution in [0.4, 0.5) is 0 Å². The molecule has 0 unspecified atom stereocenters. The Hall–Kier alpha value is -1.26. The summed E-state index contributed by atoms with van der Waals surface area (Å²) < 4.78 is 16.9. The van der Waals surface area contributed by atoms with Crippen LogP contribution in [-0.4, -0.2) is 44.4 Å². The molecule has 2 atom stereocenters. The van der Waals surface area contributed by atoms with Gasteiger partial charge in [0.05, 0.1) is 6.61 Å². The molecule has 3 heterocycles. The van der Waals surface area contributed by atoms with Crippen molar-refractivity contribution in [1.29, 1.82) is 0 Å². The van der Waals surface area contributed by atoms with Crippen LogP contribution in [0.3, 0.4) is 0 Å². The number of rotatable bonds is 3. The van der Waals surface area contributed by atoms with Crippen molar-refractivity contribution in [2.75, 3.05) is 39.5 Å². The first-order valence-corrected chi connectivity index (χ1v) is 8.11. The molecule has 4 nitrogen and oxygen atoms in total. The van der Waals surface area contributed by atoms with Gasteiger partial charge in [-0.1, -0.05) is 6.07 Å². The minimum atomic E-state index is 0.529. The van der Waals surface area contributed by atoms with Gasteiger partial charge in [0.1, 0.15) is 13.2 Å². The van der Waals surface area contributed by atoms with Gasteiger partial charge in [-0.05, 0) is 49.4 Å². The predicted octanol–water partition coefficient (Wildman–Crippen LogP) is 2.63. The van der Waals surface area contributed by atoms with Crippen molar-refractivity contribution in [2.24, 2.45) is 5.92 Å². The lowest BCUT2D eigenvalue weighted by Crippen LogP contribution is -2.29. The number of benzene rings is 1. The lowest BCUT2D eigenvalue weighted by molar-refractivity contribution is 0.161. The summed E-state index contributed by atoms with van der Waals surface area (Å²) in [6, 6.07) is 6.99. The van der Waals surface area contributed by atoms with Crippen molar-refractivity contribution in [3.63, 3.8) is 0 Å². The van der Waals surface area contributed by atoms with E-state index in [0.29, 0.717) is 25.2 Å². The predicted molar refractivity (Wildman–Crippen MR) is 79.9 cm³/mol. The third kappa shape index (κ3) is 2.74. The zero-order valence-corrected chi connectivity index (χ0v) is 12.4. The summed E-state index contributed by atoms with van der Waals surface area (Å²) in [6.07, 6.45) is 3.74. The van der Waals surface area contributed by atoms with Crippen LogP contribution in [0.1, 0.15) is 30.9 Å². The summed E-state index contributed by atoms with van der Waals surface area (Å²) >= 11 is 0. The minimum Gasteiger partial charge on any atom is -0.486 e. The van der Waals surface area contributed by atoms with Crippen LogP contribution < -0.4 is 9.47 Å². The number of likely N-dealkylation sites (tertiary alicyclic amines) is 1. The van der Waals surface area contributed by atoms with Gasteiger partial charge in [0.15, 0.2) is 11.5 Å². The first-order valence-electron chi connectivity index (χ1n) is 8.11. The fraction of sp³-hybridized carbons (Fsp3) is 0.647. The van der Waals surface area contributed by atoms with E-state index in [1.54, 1.807) is 0 Å². The van der Waals surface area contributed by atoms with Crippen LogP contribution in [0.15, 0.2) is 18.2 Å². The SMILES string of the molecule is c1cc2c(cc1[C@H]1CCCN1C[C@H]1CCOC1)OCCO2. The van der Waals surface area contributed by atoms with Crippen LogP contribution >= 0.6 is 0 Å². The van der Waals surface area contributed by atoms with E-state index in [1.807, 2.05) is 0 Å². The second-order valence-corrected chi connectivity index (χ2v) is 6.29. The fourth-order valence-corrected chi connectivity index (χ4v) is 3.75. The summed E-state index contributed by atoms with van der Waals surface area (Å²) in [4.78, 5) is 2.63. The molecule has 0 radical (unpaired) electrons. The number of hydrogen-bond acceptors (Lipinski definition) is 4. The van der Waals surface area contributed by atoms with Gasteiger partial charge in [0.2, 0.25) is 0 Å². The molecule has 1 aromatic carbocycles. The third-order valence-corrected chi connectivity index (χ3v) is 4.83. The molecule has 1 aromatic rings. The molecule has 2 saturated heterocycles. The third-order valence-electron chi connectivity index (χ3n) is 4.83. The molecule has 2 fully saturated rings. The molecular formula is C17H23NO3. The lowest BCUT2D eigenvalue weighted by Gasteiger charge is -2.28. The second kappa shape index (κ2) is 5.85. The molecule has 114 valence electrons. The van der Waals surface area contributed by atoms with Crippen LogP contribution in [0.5, 0.6) is 11.5 Å². The molecule has 0 aliphatic carbocycles. The molecule has 21 heavy (non-hydrogen) atoms. The highest BCUT2D eigenvalue weighted by Crippen LogP contribution is 2.38. The van der Waals surface area contributed by atoms with Crippen molar-refractivity contribution >= 4 is 0 Å². The highest BCUT2D eigenvalue weighted by Gasteiger charge is 2.30. The maximum Gasteiger partial charge on any atom is 0.161 e. The molecule has 0 N–H and O–H groups in total. The summed E-state index contributed by atoms with van der Waals surface area (Å²) in [5, 5.41) is 0. The van der Waals surface area contributed by atoms with Gasteiger partial charge in [-0.2, -0.15) is 0 Å². The van der Waals surface area contributed by atoms with Gasteiger partial charge in [0.25, 0.3) is 0 Å². The van der Waals surface area contributed by atoms with E-state index in [-0.39, 0.29) is 0 Å². The molecule has 4 rings (SSSR count). The highest BCUT2D eigenvalue weighted by atomic mass is 16.6. The minimum absolute atomic E-state index is 0.529. The van der Waals surface area contributed by atoms with Crippen LogP contribution in [0.2, 0.25) is 0 Å². The van der Waals surface area contributed by atoms with E-state index < -0.39 is 0 Å². The molecule has 0 saturated carbocycles. The largest absolute Gasteiger partial charge is 0.486 e. The molecule has 0 bridgehead atoms. The van der Waals surface area contributed by atoms with Crippen LogP contribution in [0.25, 0.3) is 0 Å². The average Bonchev–Trinajstić information content (AvgIpc) is 3.19. The van der Waals surface area contributed by atoms with Gasteiger partial charge in [-0.3, -0.25) is 4.90 Å². The maximum atomic E-state index is 5.73. The van der Waals surface area contributed by atoms with E-state index in [0.717, 1.165) is 24.7 Å². The molecular weight excluding hydrogens is 266 g/mol.